The summed E-state index contributed by atoms with van der Waals surface area (Å²) in [7, 11) is 0. The zero-order chi connectivity index (χ0) is 10.8. The van der Waals surface area contributed by atoms with Crippen LogP contribution in [0.25, 0.3) is 0 Å². The average Bonchev–Trinajstić information content (AvgIpc) is 2.01. The molecule has 1 aromatic rings. The van der Waals surface area contributed by atoms with Crippen molar-refractivity contribution < 1.29 is 64.3 Å². The summed E-state index contributed by atoms with van der Waals surface area (Å²) in [5.41, 5.74) is 1.21. The van der Waals surface area contributed by atoms with Gasteiger partial charge in [0.2, 0.25) is 0 Å². The molecule has 0 fully saturated rings. The predicted molar refractivity (Wildman–Crippen MR) is 53.3 cm³/mol. The molecule has 78 valence electrons. The third-order valence-electron chi connectivity index (χ3n) is 2.13. The second-order valence-corrected chi connectivity index (χ2v) is 3.77. The van der Waals surface area contributed by atoms with Gasteiger partial charge in [-0.05, 0) is 11.5 Å². The van der Waals surface area contributed by atoms with Gasteiger partial charge in [-0.25, -0.2) is 0 Å². The van der Waals surface area contributed by atoms with E-state index < -0.39 is 13.3 Å². The minimum atomic E-state index is -4.73. The van der Waals surface area contributed by atoms with Gasteiger partial charge in [0.1, 0.15) is 0 Å². The Morgan fingerprint density at radius 2 is 1.67 bits per heavy atom. The number of benzene rings is 1. The van der Waals surface area contributed by atoms with Crippen LogP contribution in [0.2, 0.25) is 0 Å². The van der Waals surface area contributed by atoms with E-state index >= 15 is 0 Å². The van der Waals surface area contributed by atoms with Crippen LogP contribution in [0.1, 0.15) is 30.9 Å². The van der Waals surface area contributed by atoms with E-state index in [4.69, 9.17) is 0 Å². The molecule has 0 unspecified atom stereocenters. The molecule has 0 bridgehead atoms. The van der Waals surface area contributed by atoms with Crippen molar-refractivity contribution in [2.75, 3.05) is 0 Å². The van der Waals surface area contributed by atoms with Gasteiger partial charge in [0.15, 0.2) is 0 Å². The van der Waals surface area contributed by atoms with Gasteiger partial charge >= 0.3 is 58.4 Å². The van der Waals surface area contributed by atoms with E-state index in [0.717, 1.165) is 5.56 Å². The summed E-state index contributed by atoms with van der Waals surface area (Å²) < 4.78 is 36.7. The first kappa shape index (κ1) is 15.7. The van der Waals surface area contributed by atoms with Crippen molar-refractivity contribution in [3.63, 3.8) is 0 Å². The molecular weight excluding hydrogens is 227 g/mol. The van der Waals surface area contributed by atoms with Gasteiger partial charge in [-0.2, -0.15) is 0 Å². The first-order chi connectivity index (χ1) is 6.40. The van der Waals surface area contributed by atoms with Crippen LogP contribution in [0.4, 0.5) is 12.9 Å². The van der Waals surface area contributed by atoms with Gasteiger partial charge < -0.3 is 12.9 Å². The normalized spacial score (nSPS) is 11.3. The number of rotatable bonds is 3. The van der Waals surface area contributed by atoms with Crippen LogP contribution in [0.3, 0.4) is 0 Å². The molecule has 0 amide bonds. The largest absolute Gasteiger partial charge is 1.00 e. The first-order valence-electron chi connectivity index (χ1n) is 4.69. The summed E-state index contributed by atoms with van der Waals surface area (Å²) in [6.45, 7) is -0.920. The fourth-order valence-electron chi connectivity index (χ4n) is 1.53. The van der Waals surface area contributed by atoms with Crippen molar-refractivity contribution >= 4 is 6.98 Å². The monoisotopic (exact) mass is 240 g/mol. The van der Waals surface area contributed by atoms with Crippen LogP contribution in [0, 0.1) is 0 Å². The molecule has 0 heterocycles. The molecule has 0 aliphatic rings. The molecule has 0 saturated carbocycles. The van der Waals surface area contributed by atoms with Crippen molar-refractivity contribution in [1.29, 1.82) is 0 Å². The Morgan fingerprint density at radius 1 is 1.13 bits per heavy atom. The van der Waals surface area contributed by atoms with Crippen LogP contribution in [0.5, 0.6) is 0 Å². The van der Waals surface area contributed by atoms with Crippen LogP contribution in [-0.2, 0) is 6.32 Å². The Labute approximate surface area is 131 Å². The van der Waals surface area contributed by atoms with Gasteiger partial charge in [0.05, 0.1) is 0 Å². The van der Waals surface area contributed by atoms with Crippen molar-refractivity contribution in [2.45, 2.75) is 26.1 Å². The third-order valence-corrected chi connectivity index (χ3v) is 2.13. The second kappa shape index (κ2) is 6.45. The van der Waals surface area contributed by atoms with E-state index in [2.05, 4.69) is 0 Å². The van der Waals surface area contributed by atoms with Gasteiger partial charge in [-0.15, -0.1) is 0 Å². The fraction of sp³-hybridized carbons (Fsp3) is 0.400. The molecule has 0 saturated heterocycles. The Hall–Kier alpha value is 0.711. The maximum atomic E-state index is 12.2. The molecule has 1 rings (SSSR count). The van der Waals surface area contributed by atoms with Crippen LogP contribution in [0.15, 0.2) is 24.3 Å². The summed E-state index contributed by atoms with van der Waals surface area (Å²) in [5, 5.41) is 0. The minimum Gasteiger partial charge on any atom is -0.449 e. The van der Waals surface area contributed by atoms with E-state index in [1.54, 1.807) is 24.3 Å². The second-order valence-electron chi connectivity index (χ2n) is 3.77. The Kier molecular flexibility index (Phi) is 6.75. The molecular formula is C10H13BF3K. The molecule has 0 spiro atoms. The van der Waals surface area contributed by atoms with E-state index in [1.165, 1.54) is 0 Å². The molecule has 0 aromatic heterocycles. The molecule has 0 aliphatic carbocycles. The zero-order valence-corrected chi connectivity index (χ0v) is 12.4. The number of hydrogen-bond acceptors (Lipinski definition) is 0. The van der Waals surface area contributed by atoms with Crippen LogP contribution < -0.4 is 51.4 Å². The quantitative estimate of drug-likeness (QED) is 0.684. The first-order valence-corrected chi connectivity index (χ1v) is 4.69. The zero-order valence-electron chi connectivity index (χ0n) is 9.31. The fourth-order valence-corrected chi connectivity index (χ4v) is 1.53. The van der Waals surface area contributed by atoms with E-state index in [9.17, 15) is 12.9 Å². The van der Waals surface area contributed by atoms with Crippen molar-refractivity contribution in [3.05, 3.63) is 35.4 Å². The molecule has 0 aliphatic heterocycles. The molecule has 5 heteroatoms. The SMILES string of the molecule is CC(C)c1ccccc1C[B-](F)(F)F.[K+]. The molecule has 15 heavy (non-hydrogen) atoms. The van der Waals surface area contributed by atoms with Crippen molar-refractivity contribution in [2.24, 2.45) is 0 Å². The smallest absolute Gasteiger partial charge is 0.449 e. The van der Waals surface area contributed by atoms with Crippen molar-refractivity contribution in [1.82, 2.24) is 0 Å². The maximum Gasteiger partial charge on any atom is 1.00 e. The summed E-state index contributed by atoms with van der Waals surface area (Å²) >= 11 is 0. The number of halogens is 3. The van der Waals surface area contributed by atoms with Gasteiger partial charge in [0.25, 0.3) is 0 Å². The van der Waals surface area contributed by atoms with Gasteiger partial charge in [-0.3, -0.25) is 0 Å². The predicted octanol–water partition coefficient (Wildman–Crippen LogP) is 0.743. The van der Waals surface area contributed by atoms with Crippen molar-refractivity contribution in [3.8, 4) is 0 Å². The average molecular weight is 240 g/mol. The summed E-state index contributed by atoms with van der Waals surface area (Å²) in [4.78, 5) is 0. The molecule has 0 N–H and O–H groups in total. The topological polar surface area (TPSA) is 0 Å². The standard InChI is InChI=1S/C10H13BF3.K/c1-8(2)10-6-4-3-5-9(10)7-11(12,13)14;/h3-6,8H,7H2,1-2H3;/q-1;+1. The summed E-state index contributed by atoms with van der Waals surface area (Å²) in [5.74, 6) is 0.143. The molecule has 1 aromatic carbocycles. The minimum absolute atomic E-state index is 0. The van der Waals surface area contributed by atoms with Gasteiger partial charge in [-0.1, -0.05) is 50.0 Å². The Bertz CT molecular complexity index is 310. The van der Waals surface area contributed by atoms with E-state index in [-0.39, 0.29) is 57.3 Å². The molecule has 0 nitrogen and oxygen atoms in total. The summed E-state index contributed by atoms with van der Waals surface area (Å²) in [6.07, 6.45) is -0.769. The summed E-state index contributed by atoms with van der Waals surface area (Å²) in [6, 6.07) is 6.76. The molecule has 0 radical (unpaired) electrons. The maximum absolute atomic E-state index is 12.2. The molecule has 0 atom stereocenters. The van der Waals surface area contributed by atoms with E-state index in [0.29, 0.717) is 5.56 Å². The Balaban J connectivity index is 0.00000196. The van der Waals surface area contributed by atoms with E-state index in [1.807, 2.05) is 13.8 Å². The Morgan fingerprint density at radius 3 is 2.13 bits per heavy atom. The van der Waals surface area contributed by atoms with Gasteiger partial charge in [0, 0.05) is 0 Å². The van der Waals surface area contributed by atoms with Crippen LogP contribution >= 0.6 is 0 Å². The van der Waals surface area contributed by atoms with Crippen LogP contribution in [-0.4, -0.2) is 6.98 Å². The number of hydrogen-bond donors (Lipinski definition) is 0. The third kappa shape index (κ3) is 5.54.